The molecule has 0 heterocycles. The van der Waals surface area contributed by atoms with Crippen molar-refractivity contribution in [2.45, 2.75) is 90.0 Å². The number of nitrogens with one attached hydrogen (secondary N) is 1. The highest BCUT2D eigenvalue weighted by Gasteiger charge is 2.10. The smallest absolute Gasteiger partial charge is 0.217 e. The topological polar surface area (TPSA) is 49.3 Å². The Labute approximate surface area is 169 Å². The molecule has 0 aromatic carbocycles. The van der Waals surface area contributed by atoms with Crippen LogP contribution in [0.3, 0.4) is 0 Å². The third-order valence-corrected chi connectivity index (χ3v) is 5.87. The molecule has 0 spiro atoms. The maximum Gasteiger partial charge on any atom is 0.217 e. The minimum absolute atomic E-state index is 0.0760. The van der Waals surface area contributed by atoms with E-state index in [0.717, 1.165) is 19.3 Å². The van der Waals surface area contributed by atoms with Crippen LogP contribution in [0.5, 0.6) is 0 Å². The Morgan fingerprint density at radius 3 is 2.08 bits per heavy atom. The molecule has 0 saturated carbocycles. The van der Waals surface area contributed by atoms with E-state index >= 15 is 0 Å². The van der Waals surface area contributed by atoms with Crippen molar-refractivity contribution in [1.29, 1.82) is 0 Å². The van der Waals surface area contributed by atoms with Gasteiger partial charge in [0.1, 0.15) is 0 Å². The molecule has 148 valence electrons. The molecule has 1 unspecified atom stereocenters. The van der Waals surface area contributed by atoms with E-state index in [1.807, 2.05) is 8.93 Å². The summed E-state index contributed by atoms with van der Waals surface area (Å²) >= 11 is 2.36. The Morgan fingerprint density at radius 2 is 1.60 bits per heavy atom. The average molecular weight is 487 g/mol. The summed E-state index contributed by atoms with van der Waals surface area (Å²) < 4.78 is 13.7. The molecule has 0 rings (SSSR count). The lowest BCUT2D eigenvalue weighted by Gasteiger charge is -2.13. The second-order valence-electron chi connectivity index (χ2n) is 6.57. The molecule has 0 aromatic heterocycles. The van der Waals surface area contributed by atoms with Crippen molar-refractivity contribution in [3.8, 4) is 0 Å². The molecule has 0 aromatic rings. The summed E-state index contributed by atoms with van der Waals surface area (Å²) in [7, 11) is 1.91. The van der Waals surface area contributed by atoms with Gasteiger partial charge in [-0.25, -0.2) is 4.39 Å². The average Bonchev–Trinajstić information content (AvgIpc) is 2.58. The number of rotatable bonds is 17. The van der Waals surface area contributed by atoms with E-state index in [1.165, 1.54) is 64.0 Å². The van der Waals surface area contributed by atoms with Gasteiger partial charge in [0.05, 0.1) is 18.5 Å². The van der Waals surface area contributed by atoms with Gasteiger partial charge >= 0.3 is 0 Å². The van der Waals surface area contributed by atoms with Crippen LogP contribution in [0.2, 0.25) is 0 Å². The second kappa shape index (κ2) is 19.0. The Kier molecular flexibility index (Phi) is 19.1. The summed E-state index contributed by atoms with van der Waals surface area (Å²) in [4.78, 5) is 10.9. The minimum atomic E-state index is -0.519. The van der Waals surface area contributed by atoms with Gasteiger partial charge in [-0.3, -0.25) is 4.79 Å². The first-order chi connectivity index (χ1) is 12.1. The number of hydrogen-bond donors (Lipinski definition) is 2. The highest BCUT2D eigenvalue weighted by molar-refractivity contribution is 14.2. The lowest BCUT2D eigenvalue weighted by atomic mass is 10.1. The van der Waals surface area contributed by atoms with E-state index in [2.05, 4.69) is 26.5 Å². The molecule has 0 radical (unpaired) electrons. The van der Waals surface area contributed by atoms with Gasteiger partial charge in [0.25, 0.3) is 0 Å². The van der Waals surface area contributed by atoms with E-state index in [1.54, 1.807) is 6.08 Å². The molecule has 0 fully saturated rings. The summed E-state index contributed by atoms with van der Waals surface area (Å²) in [6, 6.07) is -0.519. The van der Waals surface area contributed by atoms with Crippen LogP contribution in [0.4, 0.5) is 4.39 Å². The molecule has 3 nitrogen and oxygen atoms in total. The zero-order valence-electron chi connectivity index (χ0n) is 15.6. The third kappa shape index (κ3) is 18.8. The SMILES string of the molecule is CC(=O)NC(CO)C/C(F)=C/CCCCCCCCCCCCSI. The van der Waals surface area contributed by atoms with Crippen molar-refractivity contribution >= 4 is 36.0 Å². The number of halogens is 2. The van der Waals surface area contributed by atoms with Gasteiger partial charge < -0.3 is 10.4 Å². The van der Waals surface area contributed by atoms with Crippen molar-refractivity contribution in [1.82, 2.24) is 5.32 Å². The van der Waals surface area contributed by atoms with E-state index in [4.69, 9.17) is 5.11 Å². The van der Waals surface area contributed by atoms with Crippen LogP contribution >= 0.6 is 30.1 Å². The van der Waals surface area contributed by atoms with Crippen LogP contribution in [0, 0.1) is 0 Å². The van der Waals surface area contributed by atoms with Crippen LogP contribution in [0.1, 0.15) is 84.0 Å². The van der Waals surface area contributed by atoms with Crippen LogP contribution in [0.15, 0.2) is 11.9 Å². The fraction of sp³-hybridized carbons (Fsp3) is 0.842. The molecule has 0 saturated heterocycles. The zero-order chi connectivity index (χ0) is 18.8. The van der Waals surface area contributed by atoms with E-state index in [0.29, 0.717) is 0 Å². The van der Waals surface area contributed by atoms with Crippen LogP contribution in [-0.4, -0.2) is 29.4 Å². The molecule has 1 atom stereocenters. The summed E-state index contributed by atoms with van der Waals surface area (Å²) in [6.45, 7) is 1.13. The summed E-state index contributed by atoms with van der Waals surface area (Å²) in [6.07, 6.45) is 15.2. The summed E-state index contributed by atoms with van der Waals surface area (Å²) in [5, 5.41) is 11.6. The van der Waals surface area contributed by atoms with E-state index < -0.39 is 6.04 Å². The van der Waals surface area contributed by atoms with Gasteiger partial charge in [0.2, 0.25) is 5.91 Å². The molecule has 1 amide bonds. The highest BCUT2D eigenvalue weighted by Crippen LogP contribution is 2.16. The third-order valence-electron chi connectivity index (χ3n) is 4.11. The monoisotopic (exact) mass is 487 g/mol. The molecule has 0 aliphatic heterocycles. The largest absolute Gasteiger partial charge is 0.394 e. The molecule has 6 heteroatoms. The fourth-order valence-electron chi connectivity index (χ4n) is 2.74. The van der Waals surface area contributed by atoms with Crippen molar-refractivity contribution < 1.29 is 14.3 Å². The number of unbranched alkanes of at least 4 members (excludes halogenated alkanes) is 10. The molecule has 2 N–H and O–H groups in total. The van der Waals surface area contributed by atoms with Crippen LogP contribution in [-0.2, 0) is 4.79 Å². The quantitative estimate of drug-likeness (QED) is 0.193. The molecule has 0 bridgehead atoms. The molecule has 0 aliphatic rings. The predicted octanol–water partition coefficient (Wildman–Crippen LogP) is 6.10. The van der Waals surface area contributed by atoms with Gasteiger partial charge in [0, 0.05) is 19.1 Å². The molecule has 25 heavy (non-hydrogen) atoms. The number of allylic oxidation sites excluding steroid dienone is 1. The highest BCUT2D eigenvalue weighted by atomic mass is 127. The Morgan fingerprint density at radius 1 is 1.08 bits per heavy atom. The number of amides is 1. The van der Waals surface area contributed by atoms with Crippen molar-refractivity contribution in [3.05, 3.63) is 11.9 Å². The summed E-state index contributed by atoms with van der Waals surface area (Å²) in [5.41, 5.74) is 0. The first-order valence-electron chi connectivity index (χ1n) is 9.56. The Bertz CT molecular complexity index is 356. The van der Waals surface area contributed by atoms with Crippen LogP contribution in [0.25, 0.3) is 0 Å². The normalized spacial score (nSPS) is 13.0. The van der Waals surface area contributed by atoms with Gasteiger partial charge in [-0.15, -0.1) is 0 Å². The van der Waals surface area contributed by atoms with Gasteiger partial charge in [-0.1, -0.05) is 66.4 Å². The number of carbonyl (C=O) groups is 1. The van der Waals surface area contributed by atoms with Gasteiger partial charge in [0.15, 0.2) is 0 Å². The number of carbonyl (C=O) groups excluding carboxylic acids is 1. The summed E-state index contributed by atoms with van der Waals surface area (Å²) in [5.74, 6) is 0.795. The Balaban J connectivity index is 3.45. The zero-order valence-corrected chi connectivity index (χ0v) is 18.5. The van der Waals surface area contributed by atoms with Gasteiger partial charge in [-0.2, -0.15) is 0 Å². The standard InChI is InChI=1S/C19H35FINO2S/c1-17(24)22-19(16-23)15-18(20)13-11-9-7-5-3-2-4-6-8-10-12-14-25-21/h13,19,23H,2-12,14-16H2,1H3,(H,22,24)/b18-13-. The maximum absolute atomic E-state index is 13.7. The van der Waals surface area contributed by atoms with E-state index in [9.17, 15) is 9.18 Å². The molecular weight excluding hydrogens is 452 g/mol. The second-order valence-corrected chi connectivity index (χ2v) is 9.07. The van der Waals surface area contributed by atoms with Crippen molar-refractivity contribution in [2.75, 3.05) is 12.4 Å². The van der Waals surface area contributed by atoms with Gasteiger partial charge in [-0.05, 0) is 40.5 Å². The number of aliphatic hydroxyl groups is 1. The predicted molar refractivity (Wildman–Crippen MR) is 116 cm³/mol. The lowest BCUT2D eigenvalue weighted by Crippen LogP contribution is -2.35. The van der Waals surface area contributed by atoms with Crippen LogP contribution < -0.4 is 5.32 Å². The maximum atomic E-state index is 13.7. The minimum Gasteiger partial charge on any atom is -0.394 e. The van der Waals surface area contributed by atoms with Crippen molar-refractivity contribution in [3.63, 3.8) is 0 Å². The Hall–Kier alpha value is 0.180. The fourth-order valence-corrected chi connectivity index (χ4v) is 3.99. The molecular formula is C19H35FINO2S. The van der Waals surface area contributed by atoms with Crippen molar-refractivity contribution in [2.24, 2.45) is 0 Å². The number of hydrogen-bond acceptors (Lipinski definition) is 3. The van der Waals surface area contributed by atoms with E-state index in [-0.39, 0.29) is 24.8 Å². The first kappa shape index (κ1) is 25.2. The first-order valence-corrected chi connectivity index (χ1v) is 13.1. The molecule has 0 aliphatic carbocycles. The number of aliphatic hydroxyl groups excluding tert-OH is 1. The lowest BCUT2D eigenvalue weighted by molar-refractivity contribution is -0.119.